The van der Waals surface area contributed by atoms with E-state index >= 15 is 0 Å². The first-order valence-corrected chi connectivity index (χ1v) is 22.0. The summed E-state index contributed by atoms with van der Waals surface area (Å²) in [6.07, 6.45) is 6.50. The molecule has 2 aromatic carbocycles. The minimum atomic E-state index is -2.43. The van der Waals surface area contributed by atoms with Crippen LogP contribution in [0.2, 0.25) is 0 Å². The molecule has 0 aliphatic carbocycles. The highest BCUT2D eigenvalue weighted by atomic mass is 79.9. The molecule has 5 rings (SSSR count). The molecule has 0 saturated carbocycles. The zero-order chi connectivity index (χ0) is 37.5. The normalized spacial score (nSPS) is 14.3. The molecule has 4 N–H and O–H groups in total. The number of nitrogens with two attached hydrogens (primary N) is 2. The van der Waals surface area contributed by atoms with E-state index < -0.39 is 21.4 Å². The number of aromatic nitrogens is 4. The Morgan fingerprint density at radius 3 is 1.54 bits per heavy atom. The topological polar surface area (TPSA) is 175 Å². The third-order valence-corrected chi connectivity index (χ3v) is 11.4. The molecule has 0 amide bonds. The summed E-state index contributed by atoms with van der Waals surface area (Å²) in [6.45, 7) is 19.9. The Kier molecular flexibility index (Phi) is 17.2. The number of rotatable bonds is 8. The number of benzene rings is 2. The number of hydrogen-bond acceptors (Lipinski definition) is 12. The molecule has 0 unspecified atom stereocenters. The molecule has 2 aromatic heterocycles. The van der Waals surface area contributed by atoms with Crippen molar-refractivity contribution in [1.29, 1.82) is 0 Å². The third kappa shape index (κ3) is 12.7. The molecule has 3 heterocycles. The summed E-state index contributed by atoms with van der Waals surface area (Å²) < 4.78 is 47.5. The van der Waals surface area contributed by atoms with Gasteiger partial charge < -0.3 is 39.4 Å². The van der Waals surface area contributed by atoms with Gasteiger partial charge in [0.1, 0.15) is 14.3 Å². The van der Waals surface area contributed by atoms with Crippen molar-refractivity contribution in [1.82, 2.24) is 19.9 Å². The van der Waals surface area contributed by atoms with Gasteiger partial charge >= 0.3 is 7.12 Å². The Morgan fingerprint density at radius 1 is 0.712 bits per heavy atom. The average molecular weight is 822 g/mol. The summed E-state index contributed by atoms with van der Waals surface area (Å²) >= 11 is 3.12. The first kappa shape index (κ1) is 46.7. The van der Waals surface area contributed by atoms with Crippen LogP contribution in [0.5, 0.6) is 11.5 Å². The molecule has 1 saturated heterocycles. The fourth-order valence-electron chi connectivity index (χ4n) is 4.55. The van der Waals surface area contributed by atoms with Crippen LogP contribution < -0.4 is 37.0 Å². The van der Waals surface area contributed by atoms with Crippen molar-refractivity contribution in [2.45, 2.75) is 67.6 Å². The Labute approximate surface area is 319 Å². The summed E-state index contributed by atoms with van der Waals surface area (Å²) in [7, 11) is -5.30. The molecule has 0 bridgehead atoms. The van der Waals surface area contributed by atoms with E-state index in [4.69, 9.17) is 30.2 Å². The smallest absolute Gasteiger partial charge is 0.491 e. The lowest BCUT2D eigenvalue weighted by atomic mass is 9.79. The van der Waals surface area contributed by atoms with E-state index in [0.717, 1.165) is 11.0 Å². The van der Waals surface area contributed by atoms with Gasteiger partial charge in [-0.05, 0) is 120 Å². The third-order valence-electron chi connectivity index (χ3n) is 7.88. The standard InChI is InChI=1S/C14H23BNO3P.C14H18N3O2P.C6H7BrN2O.2CH4/c1-13(2)14(3,4)19-15(18-13)10-7-8-11(16)12(9-10)20(5,6)17;1-4-19-11-8-16-14(17-9-11)10-5-6-12(15)13(7-10)20(2,3)18;1-2-10-5-3-8-6(7)9-4-5;;/h7-9H,16H2,1-6H3;5-9H,4,15H2,1-3H3;3-4H,2H2,1H3;2*1H4. The van der Waals surface area contributed by atoms with E-state index in [0.29, 0.717) is 57.3 Å². The van der Waals surface area contributed by atoms with Gasteiger partial charge in [-0.3, -0.25) is 0 Å². The van der Waals surface area contributed by atoms with Crippen LogP contribution >= 0.6 is 30.2 Å². The monoisotopic (exact) mass is 820 g/mol. The van der Waals surface area contributed by atoms with E-state index in [2.05, 4.69) is 35.9 Å². The van der Waals surface area contributed by atoms with Crippen LogP contribution in [-0.4, -0.2) is 78.1 Å². The summed E-state index contributed by atoms with van der Waals surface area (Å²) in [6, 6.07) is 10.9. The molecule has 16 heteroatoms. The van der Waals surface area contributed by atoms with E-state index in [-0.39, 0.29) is 26.1 Å². The molecule has 4 aromatic rings. The van der Waals surface area contributed by atoms with Crippen molar-refractivity contribution in [3.05, 3.63) is 65.9 Å². The molecular formula is C36H56BBrN6O6P2. The predicted molar refractivity (Wildman–Crippen MR) is 222 cm³/mol. The summed E-state index contributed by atoms with van der Waals surface area (Å²) in [5.74, 6) is 1.89. The van der Waals surface area contributed by atoms with E-state index in [1.807, 2.05) is 59.7 Å². The lowest BCUT2D eigenvalue weighted by Crippen LogP contribution is -2.41. The van der Waals surface area contributed by atoms with Gasteiger partial charge in [0.25, 0.3) is 0 Å². The molecular weight excluding hydrogens is 765 g/mol. The lowest BCUT2D eigenvalue weighted by molar-refractivity contribution is 0.00578. The maximum atomic E-state index is 12.3. The molecule has 52 heavy (non-hydrogen) atoms. The van der Waals surface area contributed by atoms with Crippen molar-refractivity contribution in [2.24, 2.45) is 0 Å². The molecule has 286 valence electrons. The molecule has 0 spiro atoms. The van der Waals surface area contributed by atoms with Crippen molar-refractivity contribution < 1.29 is 27.9 Å². The maximum Gasteiger partial charge on any atom is 0.494 e. The van der Waals surface area contributed by atoms with Gasteiger partial charge in [-0.15, -0.1) is 0 Å². The van der Waals surface area contributed by atoms with Crippen LogP contribution in [0.15, 0.2) is 65.9 Å². The Morgan fingerprint density at radius 2 is 1.12 bits per heavy atom. The van der Waals surface area contributed by atoms with Crippen LogP contribution in [0.1, 0.15) is 56.4 Å². The van der Waals surface area contributed by atoms with Gasteiger partial charge in [-0.2, -0.15) is 0 Å². The second-order valence-electron chi connectivity index (χ2n) is 13.2. The van der Waals surface area contributed by atoms with Crippen LogP contribution in [0.4, 0.5) is 11.4 Å². The first-order valence-electron chi connectivity index (χ1n) is 16.0. The maximum absolute atomic E-state index is 12.3. The largest absolute Gasteiger partial charge is 0.494 e. The van der Waals surface area contributed by atoms with E-state index in [1.54, 1.807) is 69.6 Å². The quantitative estimate of drug-likeness (QED) is 0.0800. The van der Waals surface area contributed by atoms with Gasteiger partial charge in [0.05, 0.1) is 49.2 Å². The molecule has 1 aliphatic heterocycles. The number of anilines is 2. The van der Waals surface area contributed by atoms with Crippen molar-refractivity contribution in [2.75, 3.05) is 51.3 Å². The van der Waals surface area contributed by atoms with Gasteiger partial charge in [0, 0.05) is 27.5 Å². The summed E-state index contributed by atoms with van der Waals surface area (Å²) in [5, 5.41) is 1.34. The zero-order valence-electron chi connectivity index (χ0n) is 30.4. The van der Waals surface area contributed by atoms with Gasteiger partial charge in [-0.1, -0.05) is 20.9 Å². The Hall–Kier alpha value is -3.28. The van der Waals surface area contributed by atoms with Gasteiger partial charge in [0.2, 0.25) is 0 Å². The van der Waals surface area contributed by atoms with Crippen molar-refractivity contribution in [3.63, 3.8) is 0 Å². The minimum absolute atomic E-state index is 0. The molecule has 0 radical (unpaired) electrons. The SMILES string of the molecule is C.C.CC1(C)OB(c2ccc(N)c(P(C)(C)=O)c2)OC1(C)C.CCOc1cnc(-c2ccc(N)c(P(C)(C)=O)c2)nc1.CCOc1cnc(Br)nc1. The lowest BCUT2D eigenvalue weighted by Gasteiger charge is -2.32. The second kappa shape index (κ2) is 19.2. The molecule has 1 fully saturated rings. The highest BCUT2D eigenvalue weighted by molar-refractivity contribution is 9.10. The number of ether oxygens (including phenoxy) is 2. The second-order valence-corrected chi connectivity index (χ2v) is 20.3. The van der Waals surface area contributed by atoms with Crippen LogP contribution in [0, 0.1) is 0 Å². The first-order chi connectivity index (χ1) is 23.2. The Bertz CT molecular complexity index is 1820. The fourth-order valence-corrected chi connectivity index (χ4v) is 7.06. The van der Waals surface area contributed by atoms with Crippen molar-refractivity contribution in [3.8, 4) is 22.9 Å². The van der Waals surface area contributed by atoms with E-state index in [1.165, 1.54) is 0 Å². The number of nitrogens with zero attached hydrogens (tertiary/aromatic N) is 4. The predicted octanol–water partition coefficient (Wildman–Crippen LogP) is 7.10. The van der Waals surface area contributed by atoms with Crippen LogP contribution in [0.3, 0.4) is 0 Å². The van der Waals surface area contributed by atoms with Gasteiger partial charge in [0.15, 0.2) is 22.1 Å². The fraction of sp³-hybridized carbons (Fsp3) is 0.444. The highest BCUT2D eigenvalue weighted by Crippen LogP contribution is 2.39. The highest BCUT2D eigenvalue weighted by Gasteiger charge is 2.51. The summed E-state index contributed by atoms with van der Waals surface area (Å²) in [5.41, 5.74) is 13.8. The van der Waals surface area contributed by atoms with Crippen molar-refractivity contribution >= 4 is 64.8 Å². The minimum Gasteiger partial charge on any atom is -0.491 e. The zero-order valence-corrected chi connectivity index (χ0v) is 33.8. The average Bonchev–Trinajstić information content (AvgIpc) is 3.25. The number of halogens is 1. The molecule has 1 aliphatic rings. The van der Waals surface area contributed by atoms with Crippen LogP contribution in [-0.2, 0) is 18.4 Å². The molecule has 0 atom stereocenters. The van der Waals surface area contributed by atoms with E-state index in [9.17, 15) is 9.13 Å². The van der Waals surface area contributed by atoms with Crippen LogP contribution in [0.25, 0.3) is 11.4 Å². The molecule has 12 nitrogen and oxygen atoms in total. The number of hydrogen-bond donors (Lipinski definition) is 2. The van der Waals surface area contributed by atoms with Gasteiger partial charge in [-0.25, -0.2) is 19.9 Å². The summed E-state index contributed by atoms with van der Waals surface area (Å²) in [4.78, 5) is 16.3. The number of nitrogen functional groups attached to an aromatic ring is 2. The Balaban J connectivity index is 0.000000403.